The van der Waals surface area contributed by atoms with E-state index in [-0.39, 0.29) is 0 Å². The van der Waals surface area contributed by atoms with Gasteiger partial charge in [-0.2, -0.15) is 10.2 Å². The number of fused-ring (bicyclic) bond motifs is 1. The van der Waals surface area contributed by atoms with E-state index in [9.17, 15) is 4.79 Å². The van der Waals surface area contributed by atoms with Gasteiger partial charge >= 0.3 is 0 Å². The summed E-state index contributed by atoms with van der Waals surface area (Å²) >= 11 is 0. The summed E-state index contributed by atoms with van der Waals surface area (Å²) in [4.78, 5) is 15.5. The fourth-order valence-electron chi connectivity index (χ4n) is 4.88. The highest BCUT2D eigenvalue weighted by atomic mass is 16.2. The normalized spacial score (nSPS) is 20.2. The summed E-state index contributed by atoms with van der Waals surface area (Å²) in [7, 11) is 1.00. The third-order valence-corrected chi connectivity index (χ3v) is 7.16. The summed E-state index contributed by atoms with van der Waals surface area (Å²) in [5.74, 6) is 1.92. The second-order valence-corrected chi connectivity index (χ2v) is 10.2. The number of amides is 1. The Morgan fingerprint density at radius 1 is 1.03 bits per heavy atom. The summed E-state index contributed by atoms with van der Waals surface area (Å²) in [6, 6.07) is 15.4. The molecule has 3 saturated carbocycles. The highest BCUT2D eigenvalue weighted by Crippen LogP contribution is 2.41. The second kappa shape index (κ2) is 10.7. The molecule has 3 heterocycles. The number of hydrogen-bond donors (Lipinski definition) is 3. The standard InChI is InChI=1S/C18H16N6.C9H15NO.CH4O/c19-18-17-14(15-8-9-21-23(15)13-6-7-13)10-16(24(17)22-11-20-18)12-4-2-1-3-5-12;1-6-4-7(5-6)9(11)10-8-2-3-8;1-2/h1-5,8-11,13H,6-7H2,(H2,19,20,22);6-8H,2-5H2,1H3,(H,10,11);2H,1H3. The molecule has 3 aliphatic carbocycles. The van der Waals surface area contributed by atoms with E-state index in [1.807, 2.05) is 35.0 Å². The largest absolute Gasteiger partial charge is 0.400 e. The van der Waals surface area contributed by atoms with E-state index in [2.05, 4.69) is 50.3 Å². The average Bonchev–Trinajstić information content (AvgIpc) is 3.83. The van der Waals surface area contributed by atoms with Crippen molar-refractivity contribution >= 4 is 17.2 Å². The maximum Gasteiger partial charge on any atom is 0.223 e. The molecule has 37 heavy (non-hydrogen) atoms. The van der Waals surface area contributed by atoms with Gasteiger partial charge in [-0.05, 0) is 56.6 Å². The molecule has 4 N–H and O–H groups in total. The number of carbonyl (C=O) groups is 1. The summed E-state index contributed by atoms with van der Waals surface area (Å²) in [5, 5.41) is 19.0. The number of aromatic nitrogens is 5. The molecule has 1 amide bonds. The van der Waals surface area contributed by atoms with Crippen LogP contribution in [0.1, 0.15) is 51.5 Å². The lowest BCUT2D eigenvalue weighted by Gasteiger charge is -2.31. The molecule has 7 rings (SSSR count). The first-order valence-electron chi connectivity index (χ1n) is 13.0. The monoisotopic (exact) mass is 501 g/mol. The molecule has 9 heteroatoms. The van der Waals surface area contributed by atoms with Gasteiger partial charge in [0.25, 0.3) is 0 Å². The Kier molecular flexibility index (Phi) is 7.23. The predicted octanol–water partition coefficient (Wildman–Crippen LogP) is 4.10. The number of anilines is 1. The third kappa shape index (κ3) is 5.36. The number of aliphatic hydroxyl groups is 1. The molecule has 0 atom stereocenters. The van der Waals surface area contributed by atoms with Gasteiger partial charge in [-0.1, -0.05) is 37.3 Å². The molecule has 4 aromatic rings. The summed E-state index contributed by atoms with van der Waals surface area (Å²) in [6.45, 7) is 2.21. The van der Waals surface area contributed by atoms with Crippen LogP contribution in [0, 0.1) is 11.8 Å². The van der Waals surface area contributed by atoms with Crippen molar-refractivity contribution in [2.24, 2.45) is 11.8 Å². The maximum absolute atomic E-state index is 11.3. The topological polar surface area (TPSA) is 123 Å². The predicted molar refractivity (Wildman–Crippen MR) is 144 cm³/mol. The zero-order valence-electron chi connectivity index (χ0n) is 21.4. The highest BCUT2D eigenvalue weighted by molar-refractivity contribution is 5.90. The number of nitrogens with two attached hydrogens (primary N) is 1. The van der Waals surface area contributed by atoms with Crippen LogP contribution >= 0.6 is 0 Å². The van der Waals surface area contributed by atoms with Crippen LogP contribution in [0.5, 0.6) is 0 Å². The number of nitrogens with zero attached hydrogens (tertiary/aromatic N) is 5. The number of aliphatic hydroxyl groups excluding tert-OH is 1. The fraction of sp³-hybridized carbons (Fsp3) is 0.429. The maximum atomic E-state index is 11.3. The second-order valence-electron chi connectivity index (χ2n) is 10.2. The smallest absolute Gasteiger partial charge is 0.223 e. The molecule has 1 aromatic carbocycles. The SMILES string of the molecule is CC1CC(C(=O)NC2CC2)C1.CO.Nc1ncnn2c(-c3ccccc3)cc(-c3ccnn3C3CC3)c12. The molecule has 3 aromatic heterocycles. The number of nitrogen functional groups attached to an aromatic ring is 1. The molecule has 9 nitrogen and oxygen atoms in total. The summed E-state index contributed by atoms with van der Waals surface area (Å²) in [6.07, 6.45) is 10.3. The molecule has 3 fully saturated rings. The van der Waals surface area contributed by atoms with Crippen molar-refractivity contribution in [3.05, 3.63) is 55.0 Å². The molecule has 0 radical (unpaired) electrons. The van der Waals surface area contributed by atoms with Crippen LogP contribution in [0.3, 0.4) is 0 Å². The van der Waals surface area contributed by atoms with Gasteiger partial charge in [0, 0.05) is 36.4 Å². The zero-order chi connectivity index (χ0) is 25.9. The number of hydrogen-bond acceptors (Lipinski definition) is 6. The molecular weight excluding hydrogens is 466 g/mol. The minimum atomic E-state index is 0.311. The van der Waals surface area contributed by atoms with Crippen molar-refractivity contribution in [3.63, 3.8) is 0 Å². The Hall–Kier alpha value is -3.72. The van der Waals surface area contributed by atoms with E-state index < -0.39 is 0 Å². The van der Waals surface area contributed by atoms with Crippen LogP contribution in [-0.2, 0) is 4.79 Å². The lowest BCUT2D eigenvalue weighted by molar-refractivity contribution is -0.128. The van der Waals surface area contributed by atoms with Crippen LogP contribution in [0.4, 0.5) is 5.82 Å². The van der Waals surface area contributed by atoms with Crippen LogP contribution in [0.25, 0.3) is 28.0 Å². The fourth-order valence-corrected chi connectivity index (χ4v) is 4.88. The number of carbonyl (C=O) groups excluding carboxylic acids is 1. The highest BCUT2D eigenvalue weighted by Gasteiger charge is 2.34. The van der Waals surface area contributed by atoms with Gasteiger partial charge in [-0.15, -0.1) is 0 Å². The Balaban J connectivity index is 0.000000181. The molecule has 0 spiro atoms. The van der Waals surface area contributed by atoms with Crippen LogP contribution in [-0.4, -0.2) is 48.5 Å². The van der Waals surface area contributed by atoms with Gasteiger partial charge < -0.3 is 16.2 Å². The molecular formula is C28H35N7O2. The van der Waals surface area contributed by atoms with Crippen molar-refractivity contribution in [1.82, 2.24) is 29.7 Å². The third-order valence-electron chi connectivity index (χ3n) is 7.16. The van der Waals surface area contributed by atoms with Crippen molar-refractivity contribution in [1.29, 1.82) is 0 Å². The first-order valence-corrected chi connectivity index (χ1v) is 13.0. The Morgan fingerprint density at radius 2 is 1.76 bits per heavy atom. The van der Waals surface area contributed by atoms with E-state index in [1.165, 1.54) is 32.0 Å². The van der Waals surface area contributed by atoms with E-state index in [1.54, 1.807) is 0 Å². The summed E-state index contributed by atoms with van der Waals surface area (Å²) in [5.41, 5.74) is 11.2. The first kappa shape index (κ1) is 25.0. The molecule has 0 saturated heterocycles. The number of nitrogens with one attached hydrogen (secondary N) is 1. The lowest BCUT2D eigenvalue weighted by Crippen LogP contribution is -2.38. The van der Waals surface area contributed by atoms with E-state index in [0.717, 1.165) is 53.9 Å². The van der Waals surface area contributed by atoms with Gasteiger partial charge in [-0.3, -0.25) is 9.48 Å². The van der Waals surface area contributed by atoms with Gasteiger partial charge in [-0.25, -0.2) is 9.50 Å². The molecule has 0 unspecified atom stereocenters. The van der Waals surface area contributed by atoms with E-state index in [0.29, 0.717) is 29.7 Å². The minimum absolute atomic E-state index is 0.311. The molecule has 0 bridgehead atoms. The lowest BCUT2D eigenvalue weighted by atomic mass is 9.76. The van der Waals surface area contributed by atoms with Crippen LogP contribution < -0.4 is 11.1 Å². The van der Waals surface area contributed by atoms with Gasteiger partial charge in [0.2, 0.25) is 5.91 Å². The number of rotatable bonds is 5. The quantitative estimate of drug-likeness (QED) is 0.378. The van der Waals surface area contributed by atoms with Gasteiger partial charge in [0.1, 0.15) is 11.8 Å². The van der Waals surface area contributed by atoms with Crippen molar-refractivity contribution in [2.75, 3.05) is 12.8 Å². The van der Waals surface area contributed by atoms with Crippen molar-refractivity contribution in [2.45, 2.75) is 57.5 Å². The van der Waals surface area contributed by atoms with Crippen LogP contribution in [0.15, 0.2) is 55.0 Å². The molecule has 0 aliphatic heterocycles. The summed E-state index contributed by atoms with van der Waals surface area (Å²) < 4.78 is 3.97. The Morgan fingerprint density at radius 3 is 2.41 bits per heavy atom. The molecule has 3 aliphatic rings. The first-order chi connectivity index (χ1) is 18.1. The Labute approximate surface area is 216 Å². The zero-order valence-corrected chi connectivity index (χ0v) is 21.4. The van der Waals surface area contributed by atoms with Gasteiger partial charge in [0.05, 0.1) is 17.4 Å². The minimum Gasteiger partial charge on any atom is -0.400 e. The average molecular weight is 502 g/mol. The number of benzene rings is 1. The van der Waals surface area contributed by atoms with Crippen LogP contribution in [0.2, 0.25) is 0 Å². The van der Waals surface area contributed by atoms with Crippen molar-refractivity contribution < 1.29 is 9.90 Å². The Bertz CT molecular complexity index is 1350. The molecule has 194 valence electrons. The van der Waals surface area contributed by atoms with E-state index in [4.69, 9.17) is 10.8 Å². The van der Waals surface area contributed by atoms with Gasteiger partial charge in [0.15, 0.2) is 5.82 Å². The van der Waals surface area contributed by atoms with Crippen molar-refractivity contribution in [3.8, 4) is 22.5 Å². The van der Waals surface area contributed by atoms with E-state index >= 15 is 0 Å².